The molecule has 2 aliphatic rings. The summed E-state index contributed by atoms with van der Waals surface area (Å²) in [6.07, 6.45) is 1.62. The van der Waals surface area contributed by atoms with E-state index in [4.69, 9.17) is 4.74 Å². The smallest absolute Gasteiger partial charge is 0.0755 e. The predicted octanol–water partition coefficient (Wildman–Crippen LogP) is 2.36. The molecule has 0 bridgehead atoms. The SMILES string of the molecule is CC(C)(C)N1CCC2OCCN(C(C)(C)C)C2C1. The van der Waals surface area contributed by atoms with E-state index in [0.29, 0.717) is 12.1 Å². The Morgan fingerprint density at radius 3 is 2.17 bits per heavy atom. The Morgan fingerprint density at radius 2 is 1.61 bits per heavy atom. The van der Waals surface area contributed by atoms with Gasteiger partial charge in [-0.05, 0) is 48.0 Å². The summed E-state index contributed by atoms with van der Waals surface area (Å²) in [7, 11) is 0. The van der Waals surface area contributed by atoms with E-state index in [0.717, 1.165) is 19.7 Å². The van der Waals surface area contributed by atoms with E-state index >= 15 is 0 Å². The quantitative estimate of drug-likeness (QED) is 0.660. The first kappa shape index (κ1) is 14.3. The highest BCUT2D eigenvalue weighted by molar-refractivity contribution is 4.97. The first-order valence-corrected chi connectivity index (χ1v) is 7.33. The second kappa shape index (κ2) is 4.77. The molecule has 0 N–H and O–H groups in total. The molecular formula is C15H30N2O. The molecule has 0 amide bonds. The highest BCUT2D eigenvalue weighted by atomic mass is 16.5. The van der Waals surface area contributed by atoms with Crippen LogP contribution >= 0.6 is 0 Å². The minimum atomic E-state index is 0.244. The van der Waals surface area contributed by atoms with Gasteiger partial charge in [0.05, 0.1) is 12.7 Å². The van der Waals surface area contributed by atoms with Crippen LogP contribution < -0.4 is 0 Å². The van der Waals surface area contributed by atoms with Gasteiger partial charge in [-0.15, -0.1) is 0 Å². The maximum atomic E-state index is 6.00. The number of hydrogen-bond donors (Lipinski definition) is 0. The average Bonchev–Trinajstić information content (AvgIpc) is 2.25. The number of likely N-dealkylation sites (tertiary alicyclic amines) is 1. The zero-order valence-electron chi connectivity index (χ0n) is 13.0. The molecule has 0 saturated carbocycles. The topological polar surface area (TPSA) is 15.7 Å². The number of piperidine rings is 1. The van der Waals surface area contributed by atoms with Crippen LogP contribution in [0, 0.1) is 0 Å². The van der Waals surface area contributed by atoms with Crippen molar-refractivity contribution in [3.05, 3.63) is 0 Å². The van der Waals surface area contributed by atoms with Crippen molar-refractivity contribution >= 4 is 0 Å². The number of hydrogen-bond acceptors (Lipinski definition) is 3. The van der Waals surface area contributed by atoms with Crippen molar-refractivity contribution in [1.82, 2.24) is 9.80 Å². The van der Waals surface area contributed by atoms with Crippen molar-refractivity contribution < 1.29 is 4.74 Å². The van der Waals surface area contributed by atoms with Gasteiger partial charge in [-0.2, -0.15) is 0 Å². The van der Waals surface area contributed by atoms with E-state index in [2.05, 4.69) is 51.3 Å². The predicted molar refractivity (Wildman–Crippen MR) is 75.9 cm³/mol. The lowest BCUT2D eigenvalue weighted by molar-refractivity contribution is -0.137. The van der Waals surface area contributed by atoms with Gasteiger partial charge in [-0.25, -0.2) is 0 Å². The summed E-state index contributed by atoms with van der Waals surface area (Å²) < 4.78 is 6.00. The summed E-state index contributed by atoms with van der Waals surface area (Å²) in [4.78, 5) is 5.26. The third-order valence-corrected chi connectivity index (χ3v) is 4.39. The molecule has 18 heavy (non-hydrogen) atoms. The van der Waals surface area contributed by atoms with Crippen LogP contribution in [0.5, 0.6) is 0 Å². The Morgan fingerprint density at radius 1 is 0.944 bits per heavy atom. The second-order valence-electron chi connectivity index (χ2n) is 7.75. The molecule has 0 radical (unpaired) electrons. The maximum absolute atomic E-state index is 6.00. The summed E-state index contributed by atoms with van der Waals surface area (Å²) in [6, 6.07) is 0.562. The van der Waals surface area contributed by atoms with Crippen molar-refractivity contribution in [2.75, 3.05) is 26.2 Å². The molecule has 0 aromatic carbocycles. The molecule has 2 atom stereocenters. The van der Waals surface area contributed by atoms with Gasteiger partial charge in [-0.3, -0.25) is 9.80 Å². The largest absolute Gasteiger partial charge is 0.375 e. The molecule has 3 heteroatoms. The van der Waals surface area contributed by atoms with Crippen LogP contribution in [0.15, 0.2) is 0 Å². The molecule has 0 aliphatic carbocycles. The number of morpholine rings is 1. The monoisotopic (exact) mass is 254 g/mol. The van der Waals surface area contributed by atoms with Gasteiger partial charge in [-0.1, -0.05) is 0 Å². The fraction of sp³-hybridized carbons (Fsp3) is 1.00. The molecule has 3 nitrogen and oxygen atoms in total. The van der Waals surface area contributed by atoms with E-state index in [1.165, 1.54) is 13.0 Å². The zero-order chi connectivity index (χ0) is 13.6. The van der Waals surface area contributed by atoms with Crippen molar-refractivity contribution in [1.29, 1.82) is 0 Å². The van der Waals surface area contributed by atoms with E-state index in [9.17, 15) is 0 Å². The molecule has 2 unspecified atom stereocenters. The Bertz CT molecular complexity index is 290. The minimum Gasteiger partial charge on any atom is -0.375 e. The highest BCUT2D eigenvalue weighted by Crippen LogP contribution is 2.31. The van der Waals surface area contributed by atoms with Crippen molar-refractivity contribution in [3.8, 4) is 0 Å². The van der Waals surface area contributed by atoms with Gasteiger partial charge < -0.3 is 4.74 Å². The van der Waals surface area contributed by atoms with Crippen LogP contribution in [-0.4, -0.2) is 59.3 Å². The molecule has 2 rings (SSSR count). The van der Waals surface area contributed by atoms with Gasteiger partial charge >= 0.3 is 0 Å². The second-order valence-corrected chi connectivity index (χ2v) is 7.75. The molecule has 2 heterocycles. The van der Waals surface area contributed by atoms with Crippen LogP contribution in [0.1, 0.15) is 48.0 Å². The fourth-order valence-corrected chi connectivity index (χ4v) is 3.31. The summed E-state index contributed by atoms with van der Waals surface area (Å²) in [6.45, 7) is 18.2. The van der Waals surface area contributed by atoms with Gasteiger partial charge in [0.1, 0.15) is 0 Å². The molecular weight excluding hydrogens is 224 g/mol. The van der Waals surface area contributed by atoms with Crippen molar-refractivity contribution in [3.63, 3.8) is 0 Å². The van der Waals surface area contributed by atoms with Crippen LogP contribution in [0.3, 0.4) is 0 Å². The molecule has 2 aliphatic heterocycles. The maximum Gasteiger partial charge on any atom is 0.0755 e. The fourth-order valence-electron chi connectivity index (χ4n) is 3.31. The van der Waals surface area contributed by atoms with Gasteiger partial charge in [0, 0.05) is 36.8 Å². The Balaban J connectivity index is 2.13. The highest BCUT2D eigenvalue weighted by Gasteiger charge is 2.42. The van der Waals surface area contributed by atoms with Crippen molar-refractivity contribution in [2.24, 2.45) is 0 Å². The Hall–Kier alpha value is -0.120. The van der Waals surface area contributed by atoms with Gasteiger partial charge in [0.25, 0.3) is 0 Å². The molecule has 2 fully saturated rings. The summed E-state index contributed by atoms with van der Waals surface area (Å²) >= 11 is 0. The zero-order valence-corrected chi connectivity index (χ0v) is 13.0. The Labute approximate surface area is 112 Å². The average molecular weight is 254 g/mol. The summed E-state index contributed by atoms with van der Waals surface area (Å²) in [5.74, 6) is 0. The van der Waals surface area contributed by atoms with Crippen LogP contribution in [0.4, 0.5) is 0 Å². The number of nitrogens with zero attached hydrogens (tertiary/aromatic N) is 2. The summed E-state index contributed by atoms with van der Waals surface area (Å²) in [5.41, 5.74) is 0.513. The van der Waals surface area contributed by atoms with E-state index in [1.807, 2.05) is 0 Å². The number of fused-ring (bicyclic) bond motifs is 1. The lowest BCUT2D eigenvalue weighted by Crippen LogP contribution is -2.66. The first-order chi connectivity index (χ1) is 8.19. The van der Waals surface area contributed by atoms with Crippen LogP contribution in [0.2, 0.25) is 0 Å². The van der Waals surface area contributed by atoms with E-state index < -0.39 is 0 Å². The molecule has 106 valence electrons. The third-order valence-electron chi connectivity index (χ3n) is 4.39. The molecule has 0 aromatic rings. The Kier molecular flexibility index (Phi) is 3.79. The third kappa shape index (κ3) is 2.89. The molecule has 2 saturated heterocycles. The van der Waals surface area contributed by atoms with Crippen LogP contribution in [-0.2, 0) is 4.74 Å². The van der Waals surface area contributed by atoms with E-state index in [-0.39, 0.29) is 11.1 Å². The minimum absolute atomic E-state index is 0.244. The molecule has 0 aromatic heterocycles. The van der Waals surface area contributed by atoms with E-state index in [1.54, 1.807) is 0 Å². The number of ether oxygens (including phenoxy) is 1. The van der Waals surface area contributed by atoms with Gasteiger partial charge in [0.15, 0.2) is 0 Å². The van der Waals surface area contributed by atoms with Crippen molar-refractivity contribution in [2.45, 2.75) is 71.2 Å². The lowest BCUT2D eigenvalue weighted by Gasteiger charge is -2.54. The van der Waals surface area contributed by atoms with Crippen LogP contribution in [0.25, 0.3) is 0 Å². The lowest BCUT2D eigenvalue weighted by atomic mass is 9.91. The normalized spacial score (nSPS) is 32.3. The first-order valence-electron chi connectivity index (χ1n) is 7.33. The standard InChI is InChI=1S/C15H30N2O/c1-14(2,3)16-8-7-13-12(11-16)17(9-10-18-13)15(4,5)6/h12-13H,7-11H2,1-6H3. The summed E-state index contributed by atoms with van der Waals surface area (Å²) in [5, 5.41) is 0. The number of rotatable bonds is 0. The molecule has 0 spiro atoms. The van der Waals surface area contributed by atoms with Gasteiger partial charge in [0.2, 0.25) is 0 Å².